The van der Waals surface area contributed by atoms with Crippen molar-refractivity contribution in [1.82, 2.24) is 19.7 Å². The second kappa shape index (κ2) is 5.89. The molecule has 6 nitrogen and oxygen atoms in total. The van der Waals surface area contributed by atoms with Crippen molar-refractivity contribution in [3.63, 3.8) is 0 Å². The standard InChI is InChI=1S/C14H17ClN4O2/c15-12-11-8-17-13(19(11)6-5-16-12)10-3-1-9(2-4-10)7-18-14(20)21/h5-6,8-10,18H,1-4,7H2,(H,20,21). The summed E-state index contributed by atoms with van der Waals surface area (Å²) >= 11 is 6.07. The minimum absolute atomic E-state index is 0.395. The summed E-state index contributed by atoms with van der Waals surface area (Å²) in [6.07, 6.45) is 8.46. The van der Waals surface area contributed by atoms with Crippen molar-refractivity contribution in [2.75, 3.05) is 6.54 Å². The number of amides is 1. The summed E-state index contributed by atoms with van der Waals surface area (Å²) in [6, 6.07) is 0. The number of hydrogen-bond acceptors (Lipinski definition) is 3. The van der Waals surface area contributed by atoms with Gasteiger partial charge >= 0.3 is 6.09 Å². The van der Waals surface area contributed by atoms with Gasteiger partial charge in [-0.2, -0.15) is 0 Å². The zero-order valence-corrected chi connectivity index (χ0v) is 12.3. The second-order valence-corrected chi connectivity index (χ2v) is 5.85. The van der Waals surface area contributed by atoms with E-state index < -0.39 is 6.09 Å². The Kier molecular flexibility index (Phi) is 3.96. The van der Waals surface area contributed by atoms with Crippen molar-refractivity contribution in [3.8, 4) is 0 Å². The van der Waals surface area contributed by atoms with E-state index in [1.165, 1.54) is 0 Å². The lowest BCUT2D eigenvalue weighted by molar-refractivity contribution is 0.189. The second-order valence-electron chi connectivity index (χ2n) is 5.49. The van der Waals surface area contributed by atoms with E-state index in [-0.39, 0.29) is 0 Å². The monoisotopic (exact) mass is 308 g/mol. The lowest BCUT2D eigenvalue weighted by atomic mass is 9.81. The molecule has 0 radical (unpaired) electrons. The summed E-state index contributed by atoms with van der Waals surface area (Å²) < 4.78 is 2.01. The van der Waals surface area contributed by atoms with Gasteiger partial charge in [-0.05, 0) is 31.6 Å². The number of nitrogens with one attached hydrogen (secondary N) is 1. The first-order chi connectivity index (χ1) is 10.1. The summed E-state index contributed by atoms with van der Waals surface area (Å²) in [7, 11) is 0. The van der Waals surface area contributed by atoms with E-state index in [0.717, 1.165) is 37.0 Å². The summed E-state index contributed by atoms with van der Waals surface area (Å²) in [6.45, 7) is 0.542. The third-order valence-corrected chi connectivity index (χ3v) is 4.49. The first kappa shape index (κ1) is 14.1. The van der Waals surface area contributed by atoms with Gasteiger partial charge in [-0.3, -0.25) is 4.40 Å². The normalized spacial score (nSPS) is 22.3. The van der Waals surface area contributed by atoms with Gasteiger partial charge in [-0.1, -0.05) is 11.6 Å². The van der Waals surface area contributed by atoms with Crippen LogP contribution in [-0.2, 0) is 0 Å². The Morgan fingerprint density at radius 3 is 2.86 bits per heavy atom. The molecular formula is C14H17ClN4O2. The molecule has 1 amide bonds. The number of halogens is 1. The predicted octanol–water partition coefficient (Wildman–Crippen LogP) is 2.92. The van der Waals surface area contributed by atoms with Crippen molar-refractivity contribution in [1.29, 1.82) is 0 Å². The summed E-state index contributed by atoms with van der Waals surface area (Å²) in [5, 5.41) is 11.6. The Bertz CT molecular complexity index is 649. The minimum atomic E-state index is -0.946. The highest BCUT2D eigenvalue weighted by Gasteiger charge is 2.25. The molecule has 2 aromatic rings. The maximum atomic E-state index is 10.5. The van der Waals surface area contributed by atoms with Crippen molar-refractivity contribution in [2.45, 2.75) is 31.6 Å². The van der Waals surface area contributed by atoms with Gasteiger partial charge in [0.25, 0.3) is 0 Å². The van der Waals surface area contributed by atoms with Gasteiger partial charge in [-0.15, -0.1) is 0 Å². The molecule has 0 atom stereocenters. The van der Waals surface area contributed by atoms with Gasteiger partial charge in [-0.25, -0.2) is 14.8 Å². The number of carboxylic acid groups (broad SMARTS) is 1. The van der Waals surface area contributed by atoms with Crippen LogP contribution in [-0.4, -0.2) is 32.1 Å². The third kappa shape index (κ3) is 2.95. The zero-order valence-electron chi connectivity index (χ0n) is 11.5. The van der Waals surface area contributed by atoms with E-state index >= 15 is 0 Å². The number of carbonyl (C=O) groups is 1. The Hall–Kier alpha value is -1.82. The predicted molar refractivity (Wildman–Crippen MR) is 78.7 cm³/mol. The molecule has 2 heterocycles. The highest BCUT2D eigenvalue weighted by molar-refractivity contribution is 6.32. The molecule has 112 valence electrons. The molecule has 1 saturated carbocycles. The molecule has 0 aromatic carbocycles. The summed E-state index contributed by atoms with van der Waals surface area (Å²) in [4.78, 5) is 19.1. The molecule has 3 rings (SSSR count). The van der Waals surface area contributed by atoms with Crippen LogP contribution in [0, 0.1) is 5.92 Å². The van der Waals surface area contributed by atoms with Crippen LogP contribution >= 0.6 is 11.6 Å². The number of imidazole rings is 1. The van der Waals surface area contributed by atoms with E-state index in [0.29, 0.717) is 23.5 Å². The van der Waals surface area contributed by atoms with Gasteiger partial charge in [0.1, 0.15) is 11.3 Å². The van der Waals surface area contributed by atoms with Crippen LogP contribution in [0.4, 0.5) is 4.79 Å². The maximum Gasteiger partial charge on any atom is 0.404 e. The number of hydrogen-bond donors (Lipinski definition) is 2. The topological polar surface area (TPSA) is 79.5 Å². The zero-order chi connectivity index (χ0) is 14.8. The van der Waals surface area contributed by atoms with Gasteiger partial charge in [0.15, 0.2) is 5.15 Å². The van der Waals surface area contributed by atoms with Gasteiger partial charge < -0.3 is 10.4 Å². The average molecular weight is 309 g/mol. The Labute approximate surface area is 127 Å². The molecule has 0 spiro atoms. The lowest BCUT2D eigenvalue weighted by Crippen LogP contribution is -2.30. The van der Waals surface area contributed by atoms with Crippen LogP contribution in [0.3, 0.4) is 0 Å². The number of aromatic nitrogens is 3. The van der Waals surface area contributed by atoms with E-state index in [2.05, 4.69) is 15.3 Å². The van der Waals surface area contributed by atoms with Crippen LogP contribution in [0.1, 0.15) is 37.4 Å². The smallest absolute Gasteiger partial charge is 0.404 e. The fourth-order valence-electron chi connectivity index (χ4n) is 3.07. The summed E-state index contributed by atoms with van der Waals surface area (Å²) in [5.74, 6) is 1.85. The highest BCUT2D eigenvalue weighted by Crippen LogP contribution is 2.35. The van der Waals surface area contributed by atoms with E-state index in [1.807, 2.05) is 10.6 Å². The first-order valence-electron chi connectivity index (χ1n) is 7.09. The molecule has 2 N–H and O–H groups in total. The number of nitrogens with zero attached hydrogens (tertiary/aromatic N) is 3. The number of fused-ring (bicyclic) bond motifs is 1. The quantitative estimate of drug-likeness (QED) is 0.913. The first-order valence-corrected chi connectivity index (χ1v) is 7.47. The summed E-state index contributed by atoms with van der Waals surface area (Å²) in [5.41, 5.74) is 0.837. The van der Waals surface area contributed by atoms with Crippen LogP contribution in [0.5, 0.6) is 0 Å². The highest BCUT2D eigenvalue weighted by atomic mass is 35.5. The number of rotatable bonds is 3. The van der Waals surface area contributed by atoms with E-state index in [9.17, 15) is 4.79 Å². The van der Waals surface area contributed by atoms with Crippen molar-refractivity contribution in [2.24, 2.45) is 5.92 Å². The van der Waals surface area contributed by atoms with E-state index in [1.54, 1.807) is 12.4 Å². The van der Waals surface area contributed by atoms with Crippen LogP contribution in [0.15, 0.2) is 18.6 Å². The van der Waals surface area contributed by atoms with E-state index in [4.69, 9.17) is 16.7 Å². The van der Waals surface area contributed by atoms with Crippen LogP contribution in [0.25, 0.3) is 5.52 Å². The van der Waals surface area contributed by atoms with Crippen molar-refractivity contribution >= 4 is 23.2 Å². The molecule has 0 bridgehead atoms. The molecule has 21 heavy (non-hydrogen) atoms. The Balaban J connectivity index is 1.68. The van der Waals surface area contributed by atoms with Crippen molar-refractivity contribution in [3.05, 3.63) is 29.6 Å². The SMILES string of the molecule is O=C(O)NCC1CCC(c2ncc3c(Cl)nccn23)CC1. The fourth-order valence-corrected chi connectivity index (χ4v) is 3.27. The van der Waals surface area contributed by atoms with Crippen LogP contribution in [0.2, 0.25) is 5.15 Å². The molecule has 2 aromatic heterocycles. The molecular weight excluding hydrogens is 292 g/mol. The molecule has 0 saturated heterocycles. The Morgan fingerprint density at radius 2 is 2.14 bits per heavy atom. The molecule has 1 aliphatic rings. The van der Waals surface area contributed by atoms with Gasteiger partial charge in [0.05, 0.1) is 6.20 Å². The molecule has 0 unspecified atom stereocenters. The average Bonchev–Trinajstić information content (AvgIpc) is 2.91. The molecule has 1 aliphatic carbocycles. The van der Waals surface area contributed by atoms with Gasteiger partial charge in [0, 0.05) is 24.9 Å². The lowest BCUT2D eigenvalue weighted by Gasteiger charge is -2.27. The van der Waals surface area contributed by atoms with Crippen LogP contribution < -0.4 is 5.32 Å². The fraction of sp³-hybridized carbons (Fsp3) is 0.500. The molecule has 7 heteroatoms. The minimum Gasteiger partial charge on any atom is -0.465 e. The van der Waals surface area contributed by atoms with Crippen molar-refractivity contribution < 1.29 is 9.90 Å². The van der Waals surface area contributed by atoms with Gasteiger partial charge in [0.2, 0.25) is 0 Å². The Morgan fingerprint density at radius 1 is 1.38 bits per heavy atom. The molecule has 0 aliphatic heterocycles. The maximum absolute atomic E-state index is 10.5. The third-order valence-electron chi connectivity index (χ3n) is 4.19. The molecule has 1 fully saturated rings. The largest absolute Gasteiger partial charge is 0.465 e.